The molecule has 8 nitrogen and oxygen atoms in total. The lowest BCUT2D eigenvalue weighted by Crippen LogP contribution is -2.32. The van der Waals surface area contributed by atoms with E-state index in [1.165, 1.54) is 25.3 Å². The van der Waals surface area contributed by atoms with Crippen LogP contribution in [-0.4, -0.2) is 29.4 Å². The SMILES string of the molecule is COc1cc([N+](=O)[O-])ccc1NC(=O)CN(Cc1ccco1)Cc1cccs1. The van der Waals surface area contributed by atoms with E-state index in [9.17, 15) is 14.9 Å². The Hall–Kier alpha value is -3.17. The largest absolute Gasteiger partial charge is 0.494 e. The minimum absolute atomic E-state index is 0.105. The summed E-state index contributed by atoms with van der Waals surface area (Å²) < 4.78 is 10.6. The molecule has 0 aliphatic heterocycles. The minimum Gasteiger partial charge on any atom is -0.494 e. The number of anilines is 1. The maximum absolute atomic E-state index is 12.6. The van der Waals surface area contributed by atoms with E-state index in [0.717, 1.165) is 10.6 Å². The van der Waals surface area contributed by atoms with Crippen LogP contribution in [0.15, 0.2) is 58.5 Å². The van der Waals surface area contributed by atoms with E-state index in [4.69, 9.17) is 9.15 Å². The summed E-state index contributed by atoms with van der Waals surface area (Å²) in [5, 5.41) is 15.6. The molecule has 0 spiro atoms. The fourth-order valence-corrected chi connectivity index (χ4v) is 3.45. The van der Waals surface area contributed by atoms with Crippen molar-refractivity contribution in [2.75, 3.05) is 19.0 Å². The fourth-order valence-electron chi connectivity index (χ4n) is 2.70. The lowest BCUT2D eigenvalue weighted by atomic mass is 10.2. The molecule has 0 bridgehead atoms. The Morgan fingerprint density at radius 1 is 1.29 bits per heavy atom. The number of nitrogens with one attached hydrogen (secondary N) is 1. The minimum atomic E-state index is -0.514. The number of furan rings is 1. The number of rotatable bonds is 9. The Balaban J connectivity index is 1.70. The van der Waals surface area contributed by atoms with Crippen molar-refractivity contribution in [3.05, 3.63) is 74.9 Å². The summed E-state index contributed by atoms with van der Waals surface area (Å²) in [6.45, 7) is 1.21. The van der Waals surface area contributed by atoms with Gasteiger partial charge in [-0.05, 0) is 29.6 Å². The van der Waals surface area contributed by atoms with Gasteiger partial charge in [0.15, 0.2) is 0 Å². The summed E-state index contributed by atoms with van der Waals surface area (Å²) in [6.07, 6.45) is 1.60. The third kappa shape index (κ3) is 5.18. The zero-order valence-corrected chi connectivity index (χ0v) is 16.0. The van der Waals surface area contributed by atoms with Crippen molar-refractivity contribution in [3.63, 3.8) is 0 Å². The van der Waals surface area contributed by atoms with E-state index >= 15 is 0 Å². The number of carbonyl (C=O) groups excluding carboxylic acids is 1. The van der Waals surface area contributed by atoms with E-state index in [0.29, 0.717) is 18.8 Å². The van der Waals surface area contributed by atoms with Gasteiger partial charge in [-0.25, -0.2) is 0 Å². The first kappa shape index (κ1) is 19.6. The lowest BCUT2D eigenvalue weighted by molar-refractivity contribution is -0.384. The van der Waals surface area contributed by atoms with Crippen molar-refractivity contribution in [1.82, 2.24) is 4.90 Å². The molecule has 0 aliphatic carbocycles. The summed E-state index contributed by atoms with van der Waals surface area (Å²) in [7, 11) is 1.40. The summed E-state index contributed by atoms with van der Waals surface area (Å²) in [5.41, 5.74) is 0.277. The van der Waals surface area contributed by atoms with Crippen molar-refractivity contribution < 1.29 is 18.9 Å². The Bertz CT molecular complexity index is 889. The van der Waals surface area contributed by atoms with Crippen LogP contribution in [0.2, 0.25) is 0 Å². The third-order valence-electron chi connectivity index (χ3n) is 3.96. The smallest absolute Gasteiger partial charge is 0.273 e. The molecule has 3 rings (SSSR count). The van der Waals surface area contributed by atoms with Crippen molar-refractivity contribution >= 4 is 28.6 Å². The molecular weight excluding hydrogens is 382 g/mol. The molecular formula is C19H19N3O5S. The van der Waals surface area contributed by atoms with Crippen LogP contribution >= 0.6 is 11.3 Å². The molecule has 0 aliphatic rings. The normalized spacial score (nSPS) is 10.8. The summed E-state index contributed by atoms with van der Waals surface area (Å²) >= 11 is 1.62. The maximum atomic E-state index is 12.6. The Morgan fingerprint density at radius 2 is 2.14 bits per heavy atom. The summed E-state index contributed by atoms with van der Waals surface area (Å²) in [5.74, 6) is 0.742. The van der Waals surface area contributed by atoms with Crippen molar-refractivity contribution in [2.24, 2.45) is 0 Å². The fraction of sp³-hybridized carbons (Fsp3) is 0.211. The number of nitrogens with zero attached hydrogens (tertiary/aromatic N) is 2. The first-order chi connectivity index (χ1) is 13.5. The second-order valence-electron chi connectivity index (χ2n) is 5.99. The van der Waals surface area contributed by atoms with E-state index in [1.54, 1.807) is 23.7 Å². The molecule has 9 heteroatoms. The zero-order chi connectivity index (χ0) is 19.9. The number of thiophene rings is 1. The van der Waals surface area contributed by atoms with Crippen LogP contribution in [0.4, 0.5) is 11.4 Å². The number of methoxy groups -OCH3 is 1. The number of amides is 1. The number of benzene rings is 1. The van der Waals surface area contributed by atoms with Crippen LogP contribution in [0.5, 0.6) is 5.75 Å². The van der Waals surface area contributed by atoms with Gasteiger partial charge in [0.05, 0.1) is 43.1 Å². The van der Waals surface area contributed by atoms with E-state index in [1.807, 2.05) is 28.5 Å². The molecule has 2 aromatic heterocycles. The van der Waals surface area contributed by atoms with Crippen LogP contribution in [-0.2, 0) is 17.9 Å². The van der Waals surface area contributed by atoms with Gasteiger partial charge in [0.1, 0.15) is 11.5 Å². The van der Waals surface area contributed by atoms with Gasteiger partial charge >= 0.3 is 0 Å². The van der Waals surface area contributed by atoms with Crippen LogP contribution in [0.3, 0.4) is 0 Å². The van der Waals surface area contributed by atoms with Crippen LogP contribution in [0.1, 0.15) is 10.6 Å². The van der Waals surface area contributed by atoms with Gasteiger partial charge in [0, 0.05) is 17.5 Å². The average molecular weight is 401 g/mol. The Labute approximate surface area is 165 Å². The number of carbonyl (C=O) groups is 1. The highest BCUT2D eigenvalue weighted by atomic mass is 32.1. The van der Waals surface area contributed by atoms with E-state index < -0.39 is 4.92 Å². The first-order valence-corrected chi connectivity index (χ1v) is 9.32. The number of non-ortho nitro benzene ring substituents is 1. The number of nitro groups is 1. The van der Waals surface area contributed by atoms with Gasteiger partial charge in [0.2, 0.25) is 5.91 Å². The topological polar surface area (TPSA) is 97.8 Å². The molecule has 0 unspecified atom stereocenters. The first-order valence-electron chi connectivity index (χ1n) is 8.44. The molecule has 0 saturated carbocycles. The molecule has 1 amide bonds. The van der Waals surface area contributed by atoms with Crippen molar-refractivity contribution in [2.45, 2.75) is 13.1 Å². The number of hydrogen-bond acceptors (Lipinski definition) is 7. The molecule has 28 heavy (non-hydrogen) atoms. The Morgan fingerprint density at radius 3 is 2.79 bits per heavy atom. The van der Waals surface area contributed by atoms with Gasteiger partial charge < -0.3 is 14.5 Å². The van der Waals surface area contributed by atoms with Crippen molar-refractivity contribution in [3.8, 4) is 5.75 Å². The van der Waals surface area contributed by atoms with Gasteiger partial charge in [0.25, 0.3) is 5.69 Å². The monoisotopic (exact) mass is 401 g/mol. The molecule has 0 atom stereocenters. The molecule has 1 N–H and O–H groups in total. The molecule has 0 fully saturated rings. The van der Waals surface area contributed by atoms with E-state index in [2.05, 4.69) is 5.32 Å². The van der Waals surface area contributed by atoms with Gasteiger partial charge in [-0.1, -0.05) is 6.07 Å². The number of nitro benzene ring substituents is 1. The predicted molar refractivity (Wildman–Crippen MR) is 105 cm³/mol. The molecule has 1 aromatic carbocycles. The predicted octanol–water partition coefficient (Wildman–Crippen LogP) is 3.90. The lowest BCUT2D eigenvalue weighted by Gasteiger charge is -2.20. The van der Waals surface area contributed by atoms with Gasteiger partial charge in [-0.15, -0.1) is 11.3 Å². The molecule has 3 aromatic rings. The van der Waals surface area contributed by atoms with E-state index in [-0.39, 0.29) is 23.9 Å². The van der Waals surface area contributed by atoms with Crippen molar-refractivity contribution in [1.29, 1.82) is 0 Å². The second-order valence-corrected chi connectivity index (χ2v) is 7.03. The standard InChI is InChI=1S/C19H19N3O5S/c1-26-18-10-14(22(24)25)6-7-17(18)20-19(23)13-21(11-15-4-2-8-27-15)12-16-5-3-9-28-16/h2-10H,11-13H2,1H3,(H,20,23). The third-order valence-corrected chi connectivity index (χ3v) is 4.82. The molecule has 146 valence electrons. The quantitative estimate of drug-likeness (QED) is 0.431. The number of hydrogen-bond donors (Lipinski definition) is 1. The highest BCUT2D eigenvalue weighted by Crippen LogP contribution is 2.29. The highest BCUT2D eigenvalue weighted by molar-refractivity contribution is 7.09. The van der Waals surface area contributed by atoms with Gasteiger partial charge in [-0.2, -0.15) is 0 Å². The molecule has 2 heterocycles. The maximum Gasteiger partial charge on any atom is 0.273 e. The van der Waals surface area contributed by atoms with Crippen LogP contribution in [0, 0.1) is 10.1 Å². The number of ether oxygens (including phenoxy) is 1. The second kappa shape index (κ2) is 9.16. The molecule has 0 saturated heterocycles. The summed E-state index contributed by atoms with van der Waals surface area (Å²) in [4.78, 5) is 26.1. The summed E-state index contributed by atoms with van der Waals surface area (Å²) in [6, 6.07) is 11.7. The Kier molecular flexibility index (Phi) is 6.41. The van der Waals surface area contributed by atoms with Crippen LogP contribution < -0.4 is 10.1 Å². The molecule has 0 radical (unpaired) electrons. The van der Waals surface area contributed by atoms with Gasteiger partial charge in [-0.3, -0.25) is 19.8 Å². The zero-order valence-electron chi connectivity index (χ0n) is 15.2. The van der Waals surface area contributed by atoms with Crippen LogP contribution in [0.25, 0.3) is 0 Å². The highest BCUT2D eigenvalue weighted by Gasteiger charge is 2.17. The average Bonchev–Trinajstić information content (AvgIpc) is 3.36.